The maximum atomic E-state index is 13.0. The topological polar surface area (TPSA) is 102 Å². The molecule has 0 spiro atoms. The van der Waals surface area contributed by atoms with Gasteiger partial charge in [0.25, 0.3) is 5.91 Å². The van der Waals surface area contributed by atoms with Crippen LogP contribution in [0.25, 0.3) is 0 Å². The number of imidazole rings is 1. The first-order chi connectivity index (χ1) is 14.4. The molecule has 0 fully saturated rings. The second-order valence-corrected chi connectivity index (χ2v) is 8.38. The molecule has 3 aromatic rings. The van der Waals surface area contributed by atoms with Crippen molar-refractivity contribution >= 4 is 15.9 Å². The number of hydrogen-bond donors (Lipinski definition) is 2. The van der Waals surface area contributed by atoms with Crippen LogP contribution < -0.4 is 14.8 Å². The van der Waals surface area contributed by atoms with Crippen LogP contribution in [0.4, 0.5) is 0 Å². The Hall–Kier alpha value is -3.17. The summed E-state index contributed by atoms with van der Waals surface area (Å²) in [7, 11) is -0.257. The Morgan fingerprint density at radius 3 is 2.63 bits per heavy atom. The van der Waals surface area contributed by atoms with E-state index < -0.39 is 22.0 Å². The SMILES string of the molecule is CCNS(=O)(=O)c1cccc(C(=O)NC(c2cccc(OC)c2)c2nccn2C)c1. The Balaban J connectivity index is 1.96. The number of aryl methyl sites for hydroxylation is 1. The zero-order valence-corrected chi connectivity index (χ0v) is 17.8. The van der Waals surface area contributed by atoms with E-state index in [0.717, 1.165) is 5.56 Å². The number of benzene rings is 2. The van der Waals surface area contributed by atoms with Gasteiger partial charge in [-0.25, -0.2) is 18.1 Å². The third-order valence-corrected chi connectivity index (χ3v) is 6.10. The smallest absolute Gasteiger partial charge is 0.252 e. The normalized spacial score (nSPS) is 12.4. The fourth-order valence-corrected chi connectivity index (χ4v) is 4.15. The van der Waals surface area contributed by atoms with Crippen LogP contribution >= 0.6 is 0 Å². The van der Waals surface area contributed by atoms with E-state index in [1.807, 2.05) is 35.9 Å². The Labute approximate surface area is 176 Å². The van der Waals surface area contributed by atoms with Gasteiger partial charge in [0.2, 0.25) is 10.0 Å². The Bertz CT molecular complexity index is 1140. The molecule has 2 N–H and O–H groups in total. The maximum Gasteiger partial charge on any atom is 0.252 e. The Morgan fingerprint density at radius 1 is 1.20 bits per heavy atom. The van der Waals surface area contributed by atoms with Gasteiger partial charge in [-0.1, -0.05) is 25.1 Å². The van der Waals surface area contributed by atoms with Crippen LogP contribution in [-0.2, 0) is 17.1 Å². The van der Waals surface area contributed by atoms with Gasteiger partial charge in [-0.2, -0.15) is 0 Å². The quantitative estimate of drug-likeness (QED) is 0.573. The average Bonchev–Trinajstić information content (AvgIpc) is 3.17. The predicted molar refractivity (Wildman–Crippen MR) is 113 cm³/mol. The largest absolute Gasteiger partial charge is 0.497 e. The number of nitrogens with zero attached hydrogens (tertiary/aromatic N) is 2. The summed E-state index contributed by atoms with van der Waals surface area (Å²) in [6, 6.07) is 12.7. The van der Waals surface area contributed by atoms with Crippen molar-refractivity contribution < 1.29 is 17.9 Å². The van der Waals surface area contributed by atoms with Crippen molar-refractivity contribution in [2.75, 3.05) is 13.7 Å². The number of hydrogen-bond acceptors (Lipinski definition) is 5. The maximum absolute atomic E-state index is 13.0. The van der Waals surface area contributed by atoms with Crippen molar-refractivity contribution in [3.8, 4) is 5.75 Å². The lowest BCUT2D eigenvalue weighted by molar-refractivity contribution is 0.0941. The zero-order valence-electron chi connectivity index (χ0n) is 17.0. The van der Waals surface area contributed by atoms with Crippen LogP contribution in [0, 0.1) is 0 Å². The molecular formula is C21H24N4O4S. The van der Waals surface area contributed by atoms with E-state index in [4.69, 9.17) is 4.74 Å². The van der Waals surface area contributed by atoms with Crippen molar-refractivity contribution in [3.05, 3.63) is 77.9 Å². The lowest BCUT2D eigenvalue weighted by Crippen LogP contribution is -2.31. The van der Waals surface area contributed by atoms with Crippen LogP contribution in [0.15, 0.2) is 65.8 Å². The van der Waals surface area contributed by atoms with E-state index in [2.05, 4.69) is 15.0 Å². The van der Waals surface area contributed by atoms with Gasteiger partial charge in [0.15, 0.2) is 0 Å². The minimum atomic E-state index is -3.67. The van der Waals surface area contributed by atoms with Gasteiger partial charge in [-0.15, -0.1) is 0 Å². The molecule has 1 amide bonds. The summed E-state index contributed by atoms with van der Waals surface area (Å²) in [5.41, 5.74) is 1.02. The first-order valence-corrected chi connectivity index (χ1v) is 10.9. The highest BCUT2D eigenvalue weighted by Crippen LogP contribution is 2.25. The van der Waals surface area contributed by atoms with Crippen LogP contribution in [0.3, 0.4) is 0 Å². The van der Waals surface area contributed by atoms with Crippen LogP contribution in [0.1, 0.15) is 34.7 Å². The molecule has 2 aromatic carbocycles. The van der Waals surface area contributed by atoms with E-state index >= 15 is 0 Å². The van der Waals surface area contributed by atoms with Gasteiger partial charge < -0.3 is 14.6 Å². The van der Waals surface area contributed by atoms with E-state index in [1.165, 1.54) is 12.1 Å². The number of amides is 1. The molecule has 30 heavy (non-hydrogen) atoms. The summed E-state index contributed by atoms with van der Waals surface area (Å²) in [5.74, 6) is 0.868. The van der Waals surface area contributed by atoms with Gasteiger partial charge in [0.1, 0.15) is 17.6 Å². The highest BCUT2D eigenvalue weighted by molar-refractivity contribution is 7.89. The standard InChI is InChI=1S/C21H24N4O4S/c1-4-23-30(27,28)18-10-6-8-16(14-18)21(26)24-19(20-22-11-12-25(20)2)15-7-5-9-17(13-15)29-3/h5-14,19,23H,4H2,1-3H3,(H,24,26). The zero-order chi connectivity index (χ0) is 21.7. The molecule has 0 saturated heterocycles. The molecular weight excluding hydrogens is 404 g/mol. The predicted octanol–water partition coefficient (Wildman–Crippen LogP) is 2.25. The Kier molecular flexibility index (Phi) is 6.53. The first-order valence-electron chi connectivity index (χ1n) is 9.37. The molecule has 0 aliphatic rings. The Morgan fingerprint density at radius 2 is 1.97 bits per heavy atom. The van der Waals surface area contributed by atoms with E-state index in [-0.39, 0.29) is 17.0 Å². The van der Waals surface area contributed by atoms with Crippen LogP contribution in [-0.4, -0.2) is 37.5 Å². The first kappa shape index (κ1) is 21.5. The molecule has 3 rings (SSSR count). The van der Waals surface area contributed by atoms with Crippen molar-refractivity contribution in [2.24, 2.45) is 7.05 Å². The summed E-state index contributed by atoms with van der Waals surface area (Å²) in [4.78, 5) is 17.4. The molecule has 1 heterocycles. The van der Waals surface area contributed by atoms with Crippen molar-refractivity contribution in [3.63, 3.8) is 0 Å². The highest BCUT2D eigenvalue weighted by Gasteiger charge is 2.23. The van der Waals surface area contributed by atoms with Gasteiger partial charge >= 0.3 is 0 Å². The summed E-state index contributed by atoms with van der Waals surface area (Å²) >= 11 is 0. The van der Waals surface area contributed by atoms with E-state index in [0.29, 0.717) is 11.6 Å². The number of nitrogens with one attached hydrogen (secondary N) is 2. The van der Waals surface area contributed by atoms with Crippen LogP contribution in [0.2, 0.25) is 0 Å². The van der Waals surface area contributed by atoms with Gasteiger partial charge in [0.05, 0.1) is 12.0 Å². The molecule has 1 atom stereocenters. The fraction of sp³-hybridized carbons (Fsp3) is 0.238. The molecule has 0 radical (unpaired) electrons. The molecule has 0 saturated carbocycles. The third-order valence-electron chi connectivity index (χ3n) is 4.56. The number of aromatic nitrogens is 2. The van der Waals surface area contributed by atoms with E-state index in [9.17, 15) is 13.2 Å². The third kappa shape index (κ3) is 4.69. The van der Waals surface area contributed by atoms with Gasteiger partial charge in [0, 0.05) is 31.5 Å². The summed E-state index contributed by atoms with van der Waals surface area (Å²) in [5, 5.41) is 2.96. The van der Waals surface area contributed by atoms with Gasteiger partial charge in [-0.05, 0) is 35.9 Å². The summed E-state index contributed by atoms with van der Waals surface area (Å²) in [6.07, 6.45) is 3.44. The number of rotatable bonds is 8. The van der Waals surface area contributed by atoms with Crippen molar-refractivity contribution in [2.45, 2.75) is 17.9 Å². The number of sulfonamides is 1. The fourth-order valence-electron chi connectivity index (χ4n) is 3.07. The average molecular weight is 429 g/mol. The molecule has 0 bridgehead atoms. The molecule has 0 aliphatic carbocycles. The molecule has 158 valence electrons. The molecule has 9 heteroatoms. The number of methoxy groups -OCH3 is 1. The molecule has 1 unspecified atom stereocenters. The molecule has 1 aromatic heterocycles. The number of carbonyl (C=O) groups is 1. The monoisotopic (exact) mass is 428 g/mol. The second kappa shape index (κ2) is 9.10. The second-order valence-electron chi connectivity index (χ2n) is 6.61. The summed E-state index contributed by atoms with van der Waals surface area (Å²) in [6.45, 7) is 1.95. The lowest BCUT2D eigenvalue weighted by Gasteiger charge is -2.20. The highest BCUT2D eigenvalue weighted by atomic mass is 32.2. The minimum absolute atomic E-state index is 0.0342. The lowest BCUT2D eigenvalue weighted by atomic mass is 10.0. The van der Waals surface area contributed by atoms with Crippen molar-refractivity contribution in [1.82, 2.24) is 19.6 Å². The van der Waals surface area contributed by atoms with E-state index in [1.54, 1.807) is 38.6 Å². The van der Waals surface area contributed by atoms with Gasteiger partial charge in [-0.3, -0.25) is 4.79 Å². The number of ether oxygens (including phenoxy) is 1. The van der Waals surface area contributed by atoms with Crippen LogP contribution in [0.5, 0.6) is 5.75 Å². The number of carbonyl (C=O) groups excluding carboxylic acids is 1. The summed E-state index contributed by atoms with van der Waals surface area (Å²) < 4.78 is 34.1. The van der Waals surface area contributed by atoms with Crippen molar-refractivity contribution in [1.29, 1.82) is 0 Å². The minimum Gasteiger partial charge on any atom is -0.497 e. The molecule has 0 aliphatic heterocycles. The molecule has 8 nitrogen and oxygen atoms in total.